The second-order valence-corrected chi connectivity index (χ2v) is 4.65. The average molecular weight is 311 g/mol. The van der Waals surface area contributed by atoms with Gasteiger partial charge in [0.15, 0.2) is 11.6 Å². The molecule has 0 aliphatic heterocycles. The van der Waals surface area contributed by atoms with E-state index in [-0.39, 0.29) is 23.9 Å². The third-order valence-electron chi connectivity index (χ3n) is 2.86. The molecule has 7 nitrogen and oxygen atoms in total. The van der Waals surface area contributed by atoms with Crippen LogP contribution in [0.5, 0.6) is 5.75 Å². The molecule has 0 aliphatic carbocycles. The van der Waals surface area contributed by atoms with Crippen molar-refractivity contribution in [2.75, 3.05) is 0 Å². The molecule has 0 bridgehead atoms. The lowest BCUT2D eigenvalue weighted by Crippen LogP contribution is -2.09. The summed E-state index contributed by atoms with van der Waals surface area (Å²) in [7, 11) is 0. The van der Waals surface area contributed by atoms with Crippen molar-refractivity contribution >= 4 is 17.3 Å². The molecular weight excluding hydrogens is 296 g/mol. The van der Waals surface area contributed by atoms with Gasteiger partial charge in [-0.2, -0.15) is 5.10 Å². The molecule has 0 radical (unpaired) electrons. The fourth-order valence-corrected chi connectivity index (χ4v) is 2.02. The van der Waals surface area contributed by atoms with Crippen molar-refractivity contribution in [1.82, 2.24) is 14.8 Å². The number of alkyl halides is 1. The van der Waals surface area contributed by atoms with E-state index < -0.39 is 4.92 Å². The minimum absolute atomic E-state index is 0.0922. The van der Waals surface area contributed by atoms with E-state index in [1.54, 1.807) is 16.8 Å². The molecule has 0 aliphatic rings. The largest absolute Gasteiger partial charge is 0.479 e. The Balaban J connectivity index is 2.18. The highest BCUT2D eigenvalue weighted by atomic mass is 35.5. The van der Waals surface area contributed by atoms with Crippen LogP contribution in [0, 0.1) is 10.1 Å². The van der Waals surface area contributed by atoms with Crippen LogP contribution in [0.4, 0.5) is 5.69 Å². The summed E-state index contributed by atoms with van der Waals surface area (Å²) in [6.45, 7) is 2.87. The Hall–Kier alpha value is -2.15. The molecule has 0 N–H and O–H groups in total. The number of hydrogen-bond donors (Lipinski definition) is 0. The van der Waals surface area contributed by atoms with Crippen LogP contribution in [0.3, 0.4) is 0 Å². The van der Waals surface area contributed by atoms with Crippen LogP contribution in [-0.2, 0) is 19.0 Å². The average Bonchev–Trinajstić information content (AvgIpc) is 2.92. The zero-order chi connectivity index (χ0) is 15.2. The zero-order valence-electron chi connectivity index (χ0n) is 11.5. The molecule has 0 saturated heterocycles. The van der Waals surface area contributed by atoms with Crippen LogP contribution in [0.2, 0.25) is 0 Å². The lowest BCUT2D eigenvalue weighted by molar-refractivity contribution is -0.386. The summed E-state index contributed by atoms with van der Waals surface area (Å²) in [5, 5.41) is 15.1. The molecule has 0 amide bonds. The molecule has 112 valence electrons. The first kappa shape index (κ1) is 15.2. The van der Waals surface area contributed by atoms with Crippen molar-refractivity contribution in [2.45, 2.75) is 32.4 Å². The van der Waals surface area contributed by atoms with E-state index in [4.69, 9.17) is 16.3 Å². The van der Waals surface area contributed by atoms with Gasteiger partial charge in [0.05, 0.1) is 4.92 Å². The van der Waals surface area contributed by atoms with Gasteiger partial charge in [-0.1, -0.05) is 13.0 Å². The number of nitro groups is 1. The van der Waals surface area contributed by atoms with Crippen LogP contribution >= 0.6 is 11.6 Å². The van der Waals surface area contributed by atoms with Crippen LogP contribution < -0.4 is 4.74 Å². The number of hydrogen-bond acceptors (Lipinski definition) is 5. The lowest BCUT2D eigenvalue weighted by Gasteiger charge is -2.08. The maximum absolute atomic E-state index is 11.0. The second-order valence-electron chi connectivity index (χ2n) is 4.38. The van der Waals surface area contributed by atoms with Crippen molar-refractivity contribution in [1.29, 1.82) is 0 Å². The molecule has 0 saturated carbocycles. The monoisotopic (exact) mass is 310 g/mol. The molecule has 0 fully saturated rings. The minimum atomic E-state index is -0.482. The van der Waals surface area contributed by atoms with E-state index in [9.17, 15) is 10.1 Å². The highest BCUT2D eigenvalue weighted by Crippen LogP contribution is 2.29. The Morgan fingerprint density at radius 2 is 2.29 bits per heavy atom. The Morgan fingerprint density at radius 3 is 2.95 bits per heavy atom. The molecule has 0 unspecified atom stereocenters. The molecule has 21 heavy (non-hydrogen) atoms. The highest BCUT2D eigenvalue weighted by Gasteiger charge is 2.16. The van der Waals surface area contributed by atoms with E-state index >= 15 is 0 Å². The van der Waals surface area contributed by atoms with E-state index in [1.807, 2.05) is 6.92 Å². The van der Waals surface area contributed by atoms with Gasteiger partial charge in [-0.05, 0) is 18.1 Å². The SMILES string of the molecule is CCCn1ncnc1COc1cc(CCl)ccc1[N+](=O)[O-]. The van der Waals surface area contributed by atoms with Crippen LogP contribution in [0.15, 0.2) is 24.5 Å². The van der Waals surface area contributed by atoms with E-state index in [1.165, 1.54) is 12.4 Å². The topological polar surface area (TPSA) is 83.1 Å². The lowest BCUT2D eigenvalue weighted by atomic mass is 10.2. The minimum Gasteiger partial charge on any atom is -0.479 e. The number of halogens is 1. The standard InChI is InChI=1S/C13H15ClN4O3/c1-2-5-17-13(15-9-16-17)8-21-12-6-10(7-14)3-4-11(12)18(19)20/h3-4,6,9H,2,5,7-8H2,1H3. The second kappa shape index (κ2) is 7.03. The van der Waals surface area contributed by atoms with Gasteiger partial charge < -0.3 is 4.74 Å². The first-order valence-electron chi connectivity index (χ1n) is 6.48. The number of nitrogens with zero attached hydrogens (tertiary/aromatic N) is 4. The molecule has 1 aromatic heterocycles. The van der Waals surface area contributed by atoms with Gasteiger partial charge in [0, 0.05) is 18.5 Å². The van der Waals surface area contributed by atoms with Crippen LogP contribution in [-0.4, -0.2) is 19.7 Å². The third kappa shape index (κ3) is 3.69. The first-order valence-corrected chi connectivity index (χ1v) is 7.02. The van der Waals surface area contributed by atoms with Gasteiger partial charge in [-0.25, -0.2) is 9.67 Å². The molecule has 2 aromatic rings. The predicted octanol–water partition coefficient (Wildman–Crippen LogP) is 2.91. The predicted molar refractivity (Wildman–Crippen MR) is 77.3 cm³/mol. The van der Waals surface area contributed by atoms with E-state index in [0.29, 0.717) is 5.82 Å². The number of aromatic nitrogens is 3. The Kier molecular flexibility index (Phi) is 5.10. The number of rotatable bonds is 7. The zero-order valence-corrected chi connectivity index (χ0v) is 12.3. The van der Waals surface area contributed by atoms with Gasteiger partial charge >= 0.3 is 5.69 Å². The summed E-state index contributed by atoms with van der Waals surface area (Å²) in [5.41, 5.74) is 0.665. The van der Waals surface area contributed by atoms with Crippen molar-refractivity contribution in [3.8, 4) is 5.75 Å². The summed E-state index contributed by atoms with van der Waals surface area (Å²) < 4.78 is 7.27. The van der Waals surface area contributed by atoms with Crippen molar-refractivity contribution in [3.63, 3.8) is 0 Å². The van der Waals surface area contributed by atoms with Gasteiger partial charge in [0.25, 0.3) is 0 Å². The summed E-state index contributed by atoms with van der Waals surface area (Å²) in [5.74, 6) is 1.08. The first-order chi connectivity index (χ1) is 10.2. The van der Waals surface area contributed by atoms with Crippen molar-refractivity contribution in [2.24, 2.45) is 0 Å². The smallest absolute Gasteiger partial charge is 0.310 e. The number of ether oxygens (including phenoxy) is 1. The molecule has 1 heterocycles. The Labute approximate surface area is 126 Å². The normalized spacial score (nSPS) is 10.6. The van der Waals surface area contributed by atoms with Crippen molar-refractivity contribution in [3.05, 3.63) is 46.0 Å². The van der Waals surface area contributed by atoms with Crippen LogP contribution in [0.1, 0.15) is 24.7 Å². The third-order valence-corrected chi connectivity index (χ3v) is 3.17. The molecule has 0 atom stereocenters. The molecule has 0 spiro atoms. The molecule has 2 rings (SSSR count). The Morgan fingerprint density at radius 1 is 1.48 bits per heavy atom. The van der Waals surface area contributed by atoms with Crippen LogP contribution in [0.25, 0.3) is 0 Å². The van der Waals surface area contributed by atoms with Gasteiger partial charge in [0.1, 0.15) is 12.9 Å². The number of benzene rings is 1. The fourth-order valence-electron chi connectivity index (χ4n) is 1.85. The quantitative estimate of drug-likeness (QED) is 0.446. The summed E-state index contributed by atoms with van der Waals surface area (Å²) >= 11 is 5.75. The summed E-state index contributed by atoms with van der Waals surface area (Å²) in [6.07, 6.45) is 2.36. The molecule has 1 aromatic carbocycles. The summed E-state index contributed by atoms with van der Waals surface area (Å²) in [6, 6.07) is 4.58. The maximum Gasteiger partial charge on any atom is 0.310 e. The van der Waals surface area contributed by atoms with Crippen molar-refractivity contribution < 1.29 is 9.66 Å². The van der Waals surface area contributed by atoms with E-state index in [2.05, 4.69) is 10.1 Å². The summed E-state index contributed by atoms with van der Waals surface area (Å²) in [4.78, 5) is 14.6. The van der Waals surface area contributed by atoms with Gasteiger partial charge in [-0.15, -0.1) is 11.6 Å². The van der Waals surface area contributed by atoms with Gasteiger partial charge in [0.2, 0.25) is 0 Å². The number of nitro benzene ring substituents is 1. The van der Waals surface area contributed by atoms with Gasteiger partial charge in [-0.3, -0.25) is 10.1 Å². The maximum atomic E-state index is 11.0. The Bertz CT molecular complexity index is 630. The van der Waals surface area contributed by atoms with E-state index in [0.717, 1.165) is 18.5 Å². The molecule has 8 heteroatoms. The fraction of sp³-hybridized carbons (Fsp3) is 0.385. The number of aryl methyl sites for hydroxylation is 1. The highest BCUT2D eigenvalue weighted by molar-refractivity contribution is 6.17. The molecular formula is C13H15ClN4O3.